The van der Waals surface area contributed by atoms with Crippen LogP contribution in [0.25, 0.3) is 11.4 Å². The molecule has 0 aliphatic rings. The van der Waals surface area contributed by atoms with Gasteiger partial charge >= 0.3 is 5.97 Å². The molecule has 0 amide bonds. The normalized spacial score (nSPS) is 12.3. The minimum atomic E-state index is -1.01. The predicted octanol–water partition coefficient (Wildman–Crippen LogP) is 1.87. The molecule has 0 spiro atoms. The summed E-state index contributed by atoms with van der Waals surface area (Å²) in [4.78, 5) is 15.3. The number of hydrogen-bond acceptors (Lipinski definition) is 5. The molecule has 6 heteroatoms. The number of carbonyl (C=O) groups is 1. The highest BCUT2D eigenvalue weighted by Gasteiger charge is 2.25. The van der Waals surface area contributed by atoms with Gasteiger partial charge in [0.1, 0.15) is 5.92 Å². The Balaban J connectivity index is 2.34. The van der Waals surface area contributed by atoms with Crippen molar-refractivity contribution in [2.45, 2.75) is 26.2 Å². The minimum absolute atomic E-state index is 0.0945. The summed E-state index contributed by atoms with van der Waals surface area (Å²) in [5.41, 5.74) is 8.40. The molecule has 1 atom stereocenters. The Morgan fingerprint density at radius 2 is 2.00 bits per heavy atom. The fourth-order valence-corrected chi connectivity index (χ4v) is 2.12. The van der Waals surface area contributed by atoms with Crippen LogP contribution < -0.4 is 5.73 Å². The second-order valence-electron chi connectivity index (χ2n) is 4.80. The van der Waals surface area contributed by atoms with Gasteiger partial charge in [-0.05, 0) is 38.9 Å². The van der Waals surface area contributed by atoms with Gasteiger partial charge in [-0.3, -0.25) is 4.79 Å². The summed E-state index contributed by atoms with van der Waals surface area (Å²) in [6, 6.07) is 5.90. The molecule has 0 saturated heterocycles. The molecule has 106 valence electrons. The van der Waals surface area contributed by atoms with Crippen LogP contribution in [0.3, 0.4) is 0 Å². The summed E-state index contributed by atoms with van der Waals surface area (Å²) in [7, 11) is 0. The molecule has 1 heterocycles. The van der Waals surface area contributed by atoms with Crippen molar-refractivity contribution in [1.82, 2.24) is 10.1 Å². The topological polar surface area (TPSA) is 102 Å². The molecular weight excluding hydrogens is 258 g/mol. The zero-order valence-electron chi connectivity index (χ0n) is 11.5. The second-order valence-corrected chi connectivity index (χ2v) is 4.80. The fraction of sp³-hybridized carbons (Fsp3) is 0.357. The SMILES string of the molecule is Cc1cc(C)cc(-c2noc(C(CCN)C(=O)O)n2)c1. The van der Waals surface area contributed by atoms with Crippen LogP contribution in [0.2, 0.25) is 0 Å². The number of carboxylic acid groups (broad SMARTS) is 1. The molecule has 0 aliphatic carbocycles. The molecule has 2 rings (SSSR count). The van der Waals surface area contributed by atoms with Gasteiger partial charge in [-0.1, -0.05) is 22.3 Å². The van der Waals surface area contributed by atoms with E-state index in [1.807, 2.05) is 32.0 Å². The summed E-state index contributed by atoms with van der Waals surface area (Å²) in [6.45, 7) is 4.20. The van der Waals surface area contributed by atoms with Gasteiger partial charge in [0.05, 0.1) is 0 Å². The lowest BCUT2D eigenvalue weighted by Gasteiger charge is -2.04. The molecular formula is C14H17N3O3. The fourth-order valence-electron chi connectivity index (χ4n) is 2.12. The van der Waals surface area contributed by atoms with Crippen molar-refractivity contribution in [2.75, 3.05) is 6.54 Å². The van der Waals surface area contributed by atoms with E-state index in [1.54, 1.807) is 0 Å². The Labute approximate surface area is 116 Å². The van der Waals surface area contributed by atoms with Crippen molar-refractivity contribution in [3.63, 3.8) is 0 Å². The first kappa shape index (κ1) is 14.2. The third-order valence-corrected chi connectivity index (χ3v) is 2.97. The molecule has 3 N–H and O–H groups in total. The van der Waals surface area contributed by atoms with Crippen molar-refractivity contribution in [3.8, 4) is 11.4 Å². The lowest BCUT2D eigenvalue weighted by atomic mass is 10.1. The van der Waals surface area contributed by atoms with Crippen molar-refractivity contribution >= 4 is 5.97 Å². The van der Waals surface area contributed by atoms with Gasteiger partial charge in [0.2, 0.25) is 11.7 Å². The largest absolute Gasteiger partial charge is 0.481 e. The smallest absolute Gasteiger partial charge is 0.316 e. The molecule has 0 aliphatic heterocycles. The standard InChI is InChI=1S/C14H17N3O3/c1-8-5-9(2)7-10(6-8)12-16-13(20-17-12)11(3-4-15)14(18)19/h5-7,11H,3-4,15H2,1-2H3,(H,18,19). The number of nitrogens with zero attached hydrogens (tertiary/aromatic N) is 2. The highest BCUT2D eigenvalue weighted by molar-refractivity contribution is 5.74. The van der Waals surface area contributed by atoms with E-state index in [0.717, 1.165) is 16.7 Å². The van der Waals surface area contributed by atoms with E-state index in [1.165, 1.54) is 0 Å². The van der Waals surface area contributed by atoms with Gasteiger partial charge < -0.3 is 15.4 Å². The Morgan fingerprint density at radius 3 is 2.55 bits per heavy atom. The first-order valence-electron chi connectivity index (χ1n) is 6.36. The first-order chi connectivity index (χ1) is 9.51. The number of carboxylic acids is 1. The van der Waals surface area contributed by atoms with E-state index in [4.69, 9.17) is 15.4 Å². The van der Waals surface area contributed by atoms with Crippen molar-refractivity contribution in [3.05, 3.63) is 35.2 Å². The highest BCUT2D eigenvalue weighted by Crippen LogP contribution is 2.23. The number of aromatic nitrogens is 2. The molecule has 20 heavy (non-hydrogen) atoms. The molecule has 1 aromatic heterocycles. The van der Waals surface area contributed by atoms with E-state index in [9.17, 15) is 4.79 Å². The lowest BCUT2D eigenvalue weighted by molar-refractivity contribution is -0.139. The number of hydrogen-bond donors (Lipinski definition) is 2. The molecule has 1 unspecified atom stereocenters. The molecule has 0 bridgehead atoms. The third kappa shape index (κ3) is 3.03. The van der Waals surface area contributed by atoms with Gasteiger partial charge in [-0.25, -0.2) is 0 Å². The van der Waals surface area contributed by atoms with E-state index in [-0.39, 0.29) is 18.9 Å². The Morgan fingerprint density at radius 1 is 1.35 bits per heavy atom. The van der Waals surface area contributed by atoms with Gasteiger partial charge in [-0.15, -0.1) is 0 Å². The van der Waals surface area contributed by atoms with E-state index >= 15 is 0 Å². The van der Waals surface area contributed by atoms with Crippen LogP contribution >= 0.6 is 0 Å². The minimum Gasteiger partial charge on any atom is -0.481 e. The van der Waals surface area contributed by atoms with Crippen LogP contribution in [0.1, 0.15) is 29.4 Å². The Kier molecular flexibility index (Phi) is 4.14. The number of nitrogens with two attached hydrogens (primary N) is 1. The number of aliphatic carboxylic acids is 1. The quantitative estimate of drug-likeness (QED) is 0.863. The summed E-state index contributed by atoms with van der Waals surface area (Å²) >= 11 is 0. The predicted molar refractivity (Wildman–Crippen MR) is 73.3 cm³/mol. The van der Waals surface area contributed by atoms with E-state index in [2.05, 4.69) is 10.1 Å². The second kappa shape index (κ2) is 5.83. The number of benzene rings is 1. The highest BCUT2D eigenvalue weighted by atomic mass is 16.5. The molecule has 0 fully saturated rings. The van der Waals surface area contributed by atoms with Crippen LogP contribution in [0, 0.1) is 13.8 Å². The van der Waals surface area contributed by atoms with Gasteiger partial charge in [0, 0.05) is 5.56 Å². The Bertz CT molecular complexity index is 602. The lowest BCUT2D eigenvalue weighted by Crippen LogP contribution is -2.16. The number of rotatable bonds is 5. The zero-order chi connectivity index (χ0) is 14.7. The van der Waals surface area contributed by atoms with Crippen LogP contribution in [0.15, 0.2) is 22.7 Å². The zero-order valence-corrected chi connectivity index (χ0v) is 11.5. The maximum Gasteiger partial charge on any atom is 0.316 e. The third-order valence-electron chi connectivity index (χ3n) is 2.97. The van der Waals surface area contributed by atoms with Crippen molar-refractivity contribution < 1.29 is 14.4 Å². The van der Waals surface area contributed by atoms with E-state index in [0.29, 0.717) is 5.82 Å². The molecule has 2 aromatic rings. The summed E-state index contributed by atoms with van der Waals surface area (Å²) in [5, 5.41) is 13.0. The Hall–Kier alpha value is -2.21. The maximum atomic E-state index is 11.2. The molecule has 1 aromatic carbocycles. The average Bonchev–Trinajstić information content (AvgIpc) is 2.83. The van der Waals surface area contributed by atoms with Crippen LogP contribution in [-0.4, -0.2) is 27.8 Å². The molecule has 0 saturated carbocycles. The molecule has 6 nitrogen and oxygen atoms in total. The van der Waals surface area contributed by atoms with E-state index < -0.39 is 11.9 Å². The summed E-state index contributed by atoms with van der Waals surface area (Å²) in [5.74, 6) is -1.37. The average molecular weight is 275 g/mol. The van der Waals surface area contributed by atoms with Gasteiger partial charge in [0.15, 0.2) is 0 Å². The van der Waals surface area contributed by atoms with Gasteiger partial charge in [0.25, 0.3) is 0 Å². The first-order valence-corrected chi connectivity index (χ1v) is 6.36. The van der Waals surface area contributed by atoms with Crippen molar-refractivity contribution in [2.24, 2.45) is 5.73 Å². The monoisotopic (exact) mass is 275 g/mol. The van der Waals surface area contributed by atoms with Crippen LogP contribution in [0.5, 0.6) is 0 Å². The van der Waals surface area contributed by atoms with Gasteiger partial charge in [-0.2, -0.15) is 4.98 Å². The van der Waals surface area contributed by atoms with Crippen LogP contribution in [0.4, 0.5) is 0 Å². The molecule has 0 radical (unpaired) electrons. The summed E-state index contributed by atoms with van der Waals surface area (Å²) in [6.07, 6.45) is 0.268. The maximum absolute atomic E-state index is 11.2. The van der Waals surface area contributed by atoms with Crippen molar-refractivity contribution in [1.29, 1.82) is 0 Å². The summed E-state index contributed by atoms with van der Waals surface area (Å²) < 4.78 is 5.08. The van der Waals surface area contributed by atoms with Crippen LogP contribution in [-0.2, 0) is 4.79 Å². The number of aryl methyl sites for hydroxylation is 2.